The van der Waals surface area contributed by atoms with Crippen LogP contribution in [0.15, 0.2) is 41.1 Å². The van der Waals surface area contributed by atoms with Crippen LogP contribution in [0.3, 0.4) is 0 Å². The lowest BCUT2D eigenvalue weighted by Crippen LogP contribution is -2.42. The molecule has 3 rings (SSSR count). The third-order valence-electron chi connectivity index (χ3n) is 4.42. The Bertz CT molecular complexity index is 1320. The minimum Gasteiger partial charge on any atom is -0.320 e. The van der Waals surface area contributed by atoms with E-state index in [9.17, 15) is 19.6 Å². The van der Waals surface area contributed by atoms with Crippen LogP contribution in [0.2, 0.25) is 5.02 Å². The molecule has 0 radical (unpaired) electrons. The van der Waals surface area contributed by atoms with Gasteiger partial charge in [0.1, 0.15) is 10.3 Å². The number of nitriles is 1. The Morgan fingerprint density at radius 2 is 2.00 bits per heavy atom. The third-order valence-corrected chi connectivity index (χ3v) is 5.10. The van der Waals surface area contributed by atoms with Crippen molar-refractivity contribution in [3.05, 3.63) is 68.5 Å². The number of pyridine rings is 1. The molecule has 0 aliphatic rings. The van der Waals surface area contributed by atoms with Crippen molar-refractivity contribution in [2.24, 2.45) is 0 Å². The number of amides is 3. The molecule has 0 fully saturated rings. The highest BCUT2D eigenvalue weighted by Gasteiger charge is 2.24. The Kier molecular flexibility index (Phi) is 7.10. The number of aromatic nitrogens is 3. The summed E-state index contributed by atoms with van der Waals surface area (Å²) in [6.07, 6.45) is 1.51. The average Bonchev–Trinajstić information content (AvgIpc) is 3.15. The second-order valence-corrected chi connectivity index (χ2v) is 8.11. The summed E-state index contributed by atoms with van der Waals surface area (Å²) in [6.45, 7) is 2.90. The van der Waals surface area contributed by atoms with Crippen LogP contribution in [0, 0.1) is 18.3 Å². The molecule has 0 spiro atoms. The fourth-order valence-electron chi connectivity index (χ4n) is 3.04. The number of carbonyl (C=O) groups excluding carboxylic acids is 3. The van der Waals surface area contributed by atoms with Crippen molar-refractivity contribution in [2.45, 2.75) is 13.8 Å². The Hall–Kier alpha value is -3.75. The van der Waals surface area contributed by atoms with Gasteiger partial charge in [-0.25, -0.2) is 9.67 Å². The van der Waals surface area contributed by atoms with Crippen LogP contribution in [-0.2, 0) is 4.79 Å². The molecule has 1 aromatic carbocycles. The molecule has 0 aliphatic carbocycles. The number of hydrazine groups is 1. The number of anilines is 1. The summed E-state index contributed by atoms with van der Waals surface area (Å²) in [5.74, 6) is -1.43. The predicted octanol–water partition coefficient (Wildman–Crippen LogP) is 3.24. The summed E-state index contributed by atoms with van der Waals surface area (Å²) in [5.41, 5.74) is 3.35. The lowest BCUT2D eigenvalue weighted by molar-refractivity contribution is -0.122. The van der Waals surface area contributed by atoms with Crippen molar-refractivity contribution in [2.75, 3.05) is 12.4 Å². The molecule has 168 valence electrons. The van der Waals surface area contributed by atoms with Crippen molar-refractivity contribution < 1.29 is 14.4 Å². The fourth-order valence-corrected chi connectivity index (χ4v) is 3.62. The molecule has 10 nitrogen and oxygen atoms in total. The van der Waals surface area contributed by atoms with Crippen molar-refractivity contribution in [3.63, 3.8) is 0 Å². The summed E-state index contributed by atoms with van der Waals surface area (Å²) in [7, 11) is 1.36. The monoisotopic (exact) mass is 529 g/mol. The summed E-state index contributed by atoms with van der Waals surface area (Å²) >= 11 is 9.47. The van der Waals surface area contributed by atoms with E-state index in [1.807, 2.05) is 6.07 Å². The standard InChI is InChI=1S/C21H17BrClN7O3/c1-11-7-13(10-24)8-14(21(33)29(3)27-12(2)31)18(11)26-20(32)16-9-17(22)28-30(16)19-15(23)5-4-6-25-19/h4-9H,1-3H3,(H,26,32)(H,27,31). The van der Waals surface area contributed by atoms with Crippen LogP contribution >= 0.6 is 27.5 Å². The molecule has 2 N–H and O–H groups in total. The van der Waals surface area contributed by atoms with E-state index < -0.39 is 17.7 Å². The van der Waals surface area contributed by atoms with Crippen molar-refractivity contribution in [1.82, 2.24) is 25.2 Å². The van der Waals surface area contributed by atoms with E-state index in [2.05, 4.69) is 36.8 Å². The second kappa shape index (κ2) is 9.81. The predicted molar refractivity (Wildman–Crippen MR) is 124 cm³/mol. The zero-order chi connectivity index (χ0) is 24.3. The van der Waals surface area contributed by atoms with Gasteiger partial charge in [0, 0.05) is 26.2 Å². The molecule has 33 heavy (non-hydrogen) atoms. The average molecular weight is 531 g/mol. The third kappa shape index (κ3) is 5.19. The molecule has 2 heterocycles. The highest BCUT2D eigenvalue weighted by molar-refractivity contribution is 9.10. The minimum absolute atomic E-state index is 0.0251. The van der Waals surface area contributed by atoms with Crippen molar-refractivity contribution >= 4 is 50.9 Å². The number of rotatable bonds is 4. The molecule has 3 aromatic rings. The van der Waals surface area contributed by atoms with Gasteiger partial charge in [0.25, 0.3) is 11.8 Å². The molecule has 3 amide bonds. The van der Waals surface area contributed by atoms with Gasteiger partial charge in [-0.2, -0.15) is 10.4 Å². The first-order valence-corrected chi connectivity index (χ1v) is 10.6. The molecule has 0 aliphatic heterocycles. The number of nitrogens with one attached hydrogen (secondary N) is 2. The molecule has 0 saturated carbocycles. The number of hydrogen-bond donors (Lipinski definition) is 2. The first-order chi connectivity index (χ1) is 15.6. The maximum atomic E-state index is 13.2. The van der Waals surface area contributed by atoms with Gasteiger partial charge in [0.2, 0.25) is 5.91 Å². The van der Waals surface area contributed by atoms with Crippen LogP contribution in [0.4, 0.5) is 5.69 Å². The van der Waals surface area contributed by atoms with Gasteiger partial charge < -0.3 is 5.32 Å². The Morgan fingerprint density at radius 3 is 2.64 bits per heavy atom. The van der Waals surface area contributed by atoms with E-state index in [1.54, 1.807) is 19.1 Å². The van der Waals surface area contributed by atoms with Gasteiger partial charge in [-0.05, 0) is 52.7 Å². The van der Waals surface area contributed by atoms with Crippen LogP contribution in [0.1, 0.15) is 38.9 Å². The van der Waals surface area contributed by atoms with Gasteiger partial charge in [-0.3, -0.25) is 24.8 Å². The molecule has 0 unspecified atom stereocenters. The molecule has 0 saturated heterocycles. The maximum absolute atomic E-state index is 13.2. The Labute approximate surface area is 202 Å². The zero-order valence-electron chi connectivity index (χ0n) is 17.7. The second-order valence-electron chi connectivity index (χ2n) is 6.89. The van der Waals surface area contributed by atoms with Gasteiger partial charge in [0.05, 0.1) is 27.9 Å². The number of halogens is 2. The first-order valence-electron chi connectivity index (χ1n) is 9.40. The smallest absolute Gasteiger partial charge is 0.274 e. The Balaban J connectivity index is 2.05. The number of hydrogen-bond acceptors (Lipinski definition) is 6. The molecular formula is C21H17BrClN7O3. The van der Waals surface area contributed by atoms with Crippen molar-refractivity contribution in [3.8, 4) is 11.9 Å². The van der Waals surface area contributed by atoms with E-state index in [4.69, 9.17) is 11.6 Å². The summed E-state index contributed by atoms with van der Waals surface area (Å²) in [4.78, 5) is 41.8. The topological polar surface area (TPSA) is 133 Å². The molecule has 0 atom stereocenters. The van der Waals surface area contributed by atoms with E-state index in [-0.39, 0.29) is 33.3 Å². The Morgan fingerprint density at radius 1 is 1.27 bits per heavy atom. The normalized spacial score (nSPS) is 10.3. The largest absolute Gasteiger partial charge is 0.320 e. The lowest BCUT2D eigenvalue weighted by atomic mass is 10.0. The van der Waals surface area contributed by atoms with Gasteiger partial charge in [-0.1, -0.05) is 11.6 Å². The lowest BCUT2D eigenvalue weighted by Gasteiger charge is -2.20. The molecular weight excluding hydrogens is 514 g/mol. The van der Waals surface area contributed by atoms with E-state index in [0.29, 0.717) is 10.2 Å². The van der Waals surface area contributed by atoms with Gasteiger partial charge >= 0.3 is 0 Å². The maximum Gasteiger partial charge on any atom is 0.274 e. The quantitative estimate of drug-likeness (QED) is 0.498. The first kappa shape index (κ1) is 23.9. The molecule has 2 aromatic heterocycles. The summed E-state index contributed by atoms with van der Waals surface area (Å²) in [6, 6.07) is 9.59. The van der Waals surface area contributed by atoms with Crippen LogP contribution in [0.25, 0.3) is 5.82 Å². The van der Waals surface area contributed by atoms with Crippen LogP contribution in [0.5, 0.6) is 0 Å². The van der Waals surface area contributed by atoms with Crippen molar-refractivity contribution in [1.29, 1.82) is 5.26 Å². The molecule has 0 bridgehead atoms. The fraction of sp³-hybridized carbons (Fsp3) is 0.143. The van der Waals surface area contributed by atoms with Crippen LogP contribution in [-0.4, -0.2) is 44.5 Å². The number of carbonyl (C=O) groups is 3. The summed E-state index contributed by atoms with van der Waals surface area (Å²) < 4.78 is 1.64. The van der Waals surface area contributed by atoms with E-state index in [1.165, 1.54) is 43.0 Å². The van der Waals surface area contributed by atoms with E-state index in [0.717, 1.165) is 5.01 Å². The molecule has 12 heteroatoms. The number of benzene rings is 1. The van der Waals surface area contributed by atoms with Gasteiger partial charge in [0.15, 0.2) is 5.82 Å². The van der Waals surface area contributed by atoms with E-state index >= 15 is 0 Å². The number of aryl methyl sites for hydroxylation is 1. The highest BCUT2D eigenvalue weighted by atomic mass is 79.9. The SMILES string of the molecule is CC(=O)NN(C)C(=O)c1cc(C#N)cc(C)c1NC(=O)c1cc(Br)nn1-c1ncccc1Cl. The number of nitrogens with zero attached hydrogens (tertiary/aromatic N) is 5. The zero-order valence-corrected chi connectivity index (χ0v) is 20.0. The highest BCUT2D eigenvalue weighted by Crippen LogP contribution is 2.26. The minimum atomic E-state index is -0.622. The van der Waals surface area contributed by atoms with Gasteiger partial charge in [-0.15, -0.1) is 0 Å². The summed E-state index contributed by atoms with van der Waals surface area (Å²) in [5, 5.41) is 17.5. The van der Waals surface area contributed by atoms with Crippen LogP contribution < -0.4 is 10.7 Å².